The summed E-state index contributed by atoms with van der Waals surface area (Å²) in [7, 11) is -1.65. The summed E-state index contributed by atoms with van der Waals surface area (Å²) < 4.78 is 40.4. The Morgan fingerprint density at radius 3 is 2.84 bits per heavy atom. The van der Waals surface area contributed by atoms with E-state index in [-0.39, 0.29) is 15.4 Å². The summed E-state index contributed by atoms with van der Waals surface area (Å²) in [5.41, 5.74) is 0. The Labute approximate surface area is 121 Å². The van der Waals surface area contributed by atoms with E-state index in [0.717, 1.165) is 31.5 Å². The van der Waals surface area contributed by atoms with Gasteiger partial charge in [0.05, 0.1) is 4.90 Å². The Hall–Kier alpha value is -0.500. The van der Waals surface area contributed by atoms with Crippen molar-refractivity contribution in [2.45, 2.75) is 23.8 Å². The molecule has 0 bridgehead atoms. The monoisotopic (exact) mass is 350 g/mol. The van der Waals surface area contributed by atoms with Gasteiger partial charge in [-0.25, -0.2) is 17.5 Å². The average molecular weight is 351 g/mol. The van der Waals surface area contributed by atoms with Gasteiger partial charge in [-0.2, -0.15) is 0 Å². The highest BCUT2D eigenvalue weighted by Gasteiger charge is 2.25. The summed E-state index contributed by atoms with van der Waals surface area (Å²) in [5.74, 6) is -0.469. The van der Waals surface area contributed by atoms with Crippen LogP contribution in [0.1, 0.15) is 12.8 Å². The maximum Gasteiger partial charge on any atom is 0.241 e. The van der Waals surface area contributed by atoms with Gasteiger partial charge in [-0.05, 0) is 60.6 Å². The van der Waals surface area contributed by atoms with Crippen molar-refractivity contribution in [3.8, 4) is 0 Å². The van der Waals surface area contributed by atoms with Crippen LogP contribution in [0.4, 0.5) is 4.39 Å². The van der Waals surface area contributed by atoms with E-state index in [1.807, 2.05) is 7.05 Å². The van der Waals surface area contributed by atoms with E-state index in [0.29, 0.717) is 6.54 Å². The molecule has 1 heterocycles. The second-order valence-corrected chi connectivity index (χ2v) is 7.33. The third kappa shape index (κ3) is 3.75. The zero-order valence-electron chi connectivity index (χ0n) is 10.6. The van der Waals surface area contributed by atoms with Gasteiger partial charge < -0.3 is 4.90 Å². The number of likely N-dealkylation sites (tertiary alicyclic amines) is 1. The molecule has 4 nitrogen and oxygen atoms in total. The zero-order valence-corrected chi connectivity index (χ0v) is 13.0. The lowest BCUT2D eigenvalue weighted by Crippen LogP contribution is -2.46. The third-order valence-electron chi connectivity index (χ3n) is 3.13. The highest BCUT2D eigenvalue weighted by Crippen LogP contribution is 2.23. The fraction of sp³-hybridized carbons (Fsp3) is 0.500. The van der Waals surface area contributed by atoms with Gasteiger partial charge in [0, 0.05) is 17.1 Å². The second kappa shape index (κ2) is 5.87. The molecule has 1 aromatic rings. The molecule has 1 atom stereocenters. The first kappa shape index (κ1) is 14.9. The first-order chi connectivity index (χ1) is 8.88. The van der Waals surface area contributed by atoms with Crippen LogP contribution < -0.4 is 4.72 Å². The Morgan fingerprint density at radius 2 is 2.21 bits per heavy atom. The van der Waals surface area contributed by atoms with Gasteiger partial charge in [-0.15, -0.1) is 0 Å². The topological polar surface area (TPSA) is 49.4 Å². The van der Waals surface area contributed by atoms with E-state index >= 15 is 0 Å². The number of hydrogen-bond donors (Lipinski definition) is 1. The number of hydrogen-bond acceptors (Lipinski definition) is 3. The molecule has 106 valence electrons. The Bertz CT molecular complexity index is 565. The molecule has 1 saturated heterocycles. The molecule has 0 spiro atoms. The van der Waals surface area contributed by atoms with Gasteiger partial charge >= 0.3 is 0 Å². The van der Waals surface area contributed by atoms with Crippen molar-refractivity contribution >= 4 is 26.0 Å². The molecule has 0 amide bonds. The fourth-order valence-electron chi connectivity index (χ4n) is 2.24. The van der Waals surface area contributed by atoms with Crippen molar-refractivity contribution in [2.24, 2.45) is 0 Å². The number of likely N-dealkylation sites (N-methyl/N-ethyl adjacent to an activating group) is 1. The van der Waals surface area contributed by atoms with Crippen LogP contribution in [0.3, 0.4) is 0 Å². The van der Waals surface area contributed by atoms with Gasteiger partial charge in [-0.3, -0.25) is 0 Å². The molecule has 1 aliphatic rings. The highest BCUT2D eigenvalue weighted by molar-refractivity contribution is 9.10. The first-order valence-corrected chi connectivity index (χ1v) is 8.32. The molecular formula is C12H16BrFN2O2S. The lowest BCUT2D eigenvalue weighted by Gasteiger charge is -2.30. The van der Waals surface area contributed by atoms with Crippen LogP contribution in [-0.2, 0) is 10.0 Å². The van der Waals surface area contributed by atoms with Crippen LogP contribution in [0.2, 0.25) is 0 Å². The van der Waals surface area contributed by atoms with E-state index in [9.17, 15) is 12.8 Å². The molecule has 19 heavy (non-hydrogen) atoms. The standard InChI is InChI=1S/C12H16BrFN2O2S/c1-16-6-2-3-10(8-16)15-19(17,18)12-5-4-9(14)7-11(12)13/h4-5,7,10,15H,2-3,6,8H2,1H3. The molecule has 1 fully saturated rings. The summed E-state index contributed by atoms with van der Waals surface area (Å²) in [4.78, 5) is 2.17. The van der Waals surface area contributed by atoms with Crippen molar-refractivity contribution in [1.82, 2.24) is 9.62 Å². The number of benzene rings is 1. The number of nitrogens with zero attached hydrogens (tertiary/aromatic N) is 1. The molecule has 2 rings (SSSR count). The number of halogens is 2. The summed E-state index contributed by atoms with van der Waals surface area (Å²) in [6.07, 6.45) is 1.79. The van der Waals surface area contributed by atoms with Crippen molar-refractivity contribution in [1.29, 1.82) is 0 Å². The lowest BCUT2D eigenvalue weighted by atomic mass is 10.1. The van der Waals surface area contributed by atoms with Gasteiger partial charge in [0.1, 0.15) is 5.82 Å². The van der Waals surface area contributed by atoms with Crippen LogP contribution >= 0.6 is 15.9 Å². The Kier molecular flexibility index (Phi) is 4.60. The predicted molar refractivity (Wildman–Crippen MR) is 74.9 cm³/mol. The molecule has 1 aromatic carbocycles. The van der Waals surface area contributed by atoms with E-state index in [1.54, 1.807) is 0 Å². The smallest absolute Gasteiger partial charge is 0.241 e. The minimum atomic E-state index is -3.62. The van der Waals surface area contributed by atoms with Crippen LogP contribution in [0.25, 0.3) is 0 Å². The Morgan fingerprint density at radius 1 is 1.47 bits per heavy atom. The van der Waals surface area contributed by atoms with E-state index in [4.69, 9.17) is 0 Å². The highest BCUT2D eigenvalue weighted by atomic mass is 79.9. The van der Waals surface area contributed by atoms with Gasteiger partial charge in [0.25, 0.3) is 0 Å². The summed E-state index contributed by atoms with van der Waals surface area (Å²) in [6.45, 7) is 1.68. The molecule has 0 radical (unpaired) electrons. The molecular weight excluding hydrogens is 335 g/mol. The summed E-state index contributed by atoms with van der Waals surface area (Å²) >= 11 is 3.09. The van der Waals surface area contributed by atoms with Crippen molar-refractivity contribution in [3.05, 3.63) is 28.5 Å². The third-order valence-corrected chi connectivity index (χ3v) is 5.63. The van der Waals surface area contributed by atoms with E-state index in [1.165, 1.54) is 6.07 Å². The van der Waals surface area contributed by atoms with Crippen LogP contribution in [0.15, 0.2) is 27.6 Å². The van der Waals surface area contributed by atoms with Crippen LogP contribution in [0, 0.1) is 5.82 Å². The molecule has 1 N–H and O–H groups in total. The molecule has 0 saturated carbocycles. The summed E-state index contributed by atoms with van der Waals surface area (Å²) in [6, 6.07) is 3.48. The van der Waals surface area contributed by atoms with Crippen LogP contribution in [0.5, 0.6) is 0 Å². The first-order valence-electron chi connectivity index (χ1n) is 6.04. The maximum absolute atomic E-state index is 13.0. The number of rotatable bonds is 3. The van der Waals surface area contributed by atoms with E-state index in [2.05, 4.69) is 25.6 Å². The molecule has 0 aliphatic carbocycles. The van der Waals surface area contributed by atoms with Gasteiger partial charge in [0.2, 0.25) is 10.0 Å². The molecule has 1 aliphatic heterocycles. The molecule has 1 unspecified atom stereocenters. The number of sulfonamides is 1. The van der Waals surface area contributed by atoms with Crippen LogP contribution in [-0.4, -0.2) is 39.5 Å². The normalized spacial score (nSPS) is 21.5. The maximum atomic E-state index is 13.0. The second-order valence-electron chi connectivity index (χ2n) is 4.80. The van der Waals surface area contributed by atoms with Crippen molar-refractivity contribution in [3.63, 3.8) is 0 Å². The number of nitrogens with one attached hydrogen (secondary N) is 1. The minimum Gasteiger partial charge on any atom is -0.305 e. The van der Waals surface area contributed by atoms with Crippen molar-refractivity contribution in [2.75, 3.05) is 20.1 Å². The van der Waals surface area contributed by atoms with Crippen molar-refractivity contribution < 1.29 is 12.8 Å². The Balaban J connectivity index is 2.18. The number of piperidine rings is 1. The zero-order chi connectivity index (χ0) is 14.0. The van der Waals surface area contributed by atoms with Gasteiger partial charge in [-0.1, -0.05) is 0 Å². The average Bonchev–Trinajstić information content (AvgIpc) is 2.27. The van der Waals surface area contributed by atoms with Gasteiger partial charge in [0.15, 0.2) is 0 Å². The largest absolute Gasteiger partial charge is 0.305 e. The quantitative estimate of drug-likeness (QED) is 0.906. The fourth-order valence-corrected chi connectivity index (χ4v) is 4.55. The SMILES string of the molecule is CN1CCCC(NS(=O)(=O)c2ccc(F)cc2Br)C1. The predicted octanol–water partition coefficient (Wildman–Crippen LogP) is 1.96. The molecule has 0 aromatic heterocycles. The molecule has 7 heteroatoms. The van der Waals surface area contributed by atoms with E-state index < -0.39 is 15.8 Å². The minimum absolute atomic E-state index is 0.0714. The lowest BCUT2D eigenvalue weighted by molar-refractivity contribution is 0.242. The summed E-state index contributed by atoms with van der Waals surface area (Å²) in [5, 5.41) is 0.